The molecule has 1 atom stereocenters. The van der Waals surface area contributed by atoms with Gasteiger partial charge in [-0.1, -0.05) is 19.1 Å². The molecule has 1 aromatic carbocycles. The Morgan fingerprint density at radius 1 is 1.32 bits per heavy atom. The van der Waals surface area contributed by atoms with Crippen LogP contribution in [0.2, 0.25) is 0 Å². The number of aryl methyl sites for hydroxylation is 2. The van der Waals surface area contributed by atoms with Gasteiger partial charge < -0.3 is 14.8 Å². The number of hydrogen-bond acceptors (Lipinski definition) is 3. The molecule has 0 spiro atoms. The first-order chi connectivity index (χ1) is 9.20. The Balaban J connectivity index is 2.07. The molecule has 0 saturated carbocycles. The highest BCUT2D eigenvalue weighted by molar-refractivity contribution is 5.43. The van der Waals surface area contributed by atoms with Gasteiger partial charge in [0, 0.05) is 13.2 Å². The van der Waals surface area contributed by atoms with Gasteiger partial charge in [0.2, 0.25) is 0 Å². The molecule has 1 fully saturated rings. The monoisotopic (exact) mass is 263 g/mol. The van der Waals surface area contributed by atoms with Crippen molar-refractivity contribution in [2.24, 2.45) is 0 Å². The number of nitrogens with one attached hydrogen (secondary N) is 1. The van der Waals surface area contributed by atoms with E-state index in [0.717, 1.165) is 44.9 Å². The highest BCUT2D eigenvalue weighted by Crippen LogP contribution is 2.27. The van der Waals surface area contributed by atoms with Crippen LogP contribution in [0.15, 0.2) is 12.1 Å². The second kappa shape index (κ2) is 6.92. The first kappa shape index (κ1) is 14.4. The molecular formula is C16H25NO2. The lowest BCUT2D eigenvalue weighted by atomic mass is 10.0. The third kappa shape index (κ3) is 3.95. The fourth-order valence-electron chi connectivity index (χ4n) is 2.57. The van der Waals surface area contributed by atoms with Crippen LogP contribution in [0.1, 0.15) is 36.5 Å². The molecule has 1 aliphatic heterocycles. The summed E-state index contributed by atoms with van der Waals surface area (Å²) in [4.78, 5) is 0. The minimum Gasteiger partial charge on any atom is -0.487 e. The van der Waals surface area contributed by atoms with Gasteiger partial charge in [-0.05, 0) is 49.9 Å². The van der Waals surface area contributed by atoms with Crippen molar-refractivity contribution in [1.29, 1.82) is 0 Å². The summed E-state index contributed by atoms with van der Waals surface area (Å²) in [5, 5.41) is 3.36. The van der Waals surface area contributed by atoms with Crippen LogP contribution in [-0.4, -0.2) is 25.9 Å². The SMILES string of the molecule is CCNCc1cc(C)c(OC2CCCOC2)c(C)c1. The molecule has 0 aromatic heterocycles. The zero-order valence-corrected chi connectivity index (χ0v) is 12.3. The molecule has 0 amide bonds. The lowest BCUT2D eigenvalue weighted by Gasteiger charge is -2.25. The highest BCUT2D eigenvalue weighted by atomic mass is 16.5. The van der Waals surface area contributed by atoms with Crippen molar-refractivity contribution in [3.05, 3.63) is 28.8 Å². The van der Waals surface area contributed by atoms with Crippen LogP contribution in [0.3, 0.4) is 0 Å². The Morgan fingerprint density at radius 2 is 2.05 bits per heavy atom. The Bertz CT molecular complexity index is 388. The van der Waals surface area contributed by atoms with E-state index < -0.39 is 0 Å². The maximum Gasteiger partial charge on any atom is 0.125 e. The topological polar surface area (TPSA) is 30.5 Å². The Kier molecular flexibility index (Phi) is 5.23. The molecule has 0 bridgehead atoms. The van der Waals surface area contributed by atoms with Crippen LogP contribution < -0.4 is 10.1 Å². The average Bonchev–Trinajstić information content (AvgIpc) is 2.42. The van der Waals surface area contributed by atoms with E-state index in [1.165, 1.54) is 16.7 Å². The van der Waals surface area contributed by atoms with Gasteiger partial charge in [-0.25, -0.2) is 0 Å². The van der Waals surface area contributed by atoms with Crippen LogP contribution in [0.25, 0.3) is 0 Å². The van der Waals surface area contributed by atoms with Crippen LogP contribution >= 0.6 is 0 Å². The van der Waals surface area contributed by atoms with Gasteiger partial charge in [-0.15, -0.1) is 0 Å². The highest BCUT2D eigenvalue weighted by Gasteiger charge is 2.17. The number of ether oxygens (including phenoxy) is 2. The zero-order chi connectivity index (χ0) is 13.7. The molecular weight excluding hydrogens is 238 g/mol. The quantitative estimate of drug-likeness (QED) is 0.886. The summed E-state index contributed by atoms with van der Waals surface area (Å²) in [5.41, 5.74) is 3.76. The third-order valence-corrected chi connectivity index (χ3v) is 3.50. The van der Waals surface area contributed by atoms with Crippen molar-refractivity contribution in [2.75, 3.05) is 19.8 Å². The summed E-state index contributed by atoms with van der Waals surface area (Å²) in [5.74, 6) is 1.04. The van der Waals surface area contributed by atoms with E-state index >= 15 is 0 Å². The van der Waals surface area contributed by atoms with Crippen LogP contribution in [0.4, 0.5) is 0 Å². The average molecular weight is 263 g/mol. The predicted octanol–water partition coefficient (Wildman–Crippen LogP) is 2.97. The lowest BCUT2D eigenvalue weighted by molar-refractivity contribution is 0.00687. The summed E-state index contributed by atoms with van der Waals surface area (Å²) in [6, 6.07) is 4.43. The third-order valence-electron chi connectivity index (χ3n) is 3.50. The Labute approximate surface area is 116 Å². The minimum absolute atomic E-state index is 0.214. The predicted molar refractivity (Wildman–Crippen MR) is 77.8 cm³/mol. The van der Waals surface area contributed by atoms with E-state index in [2.05, 4.69) is 38.2 Å². The largest absolute Gasteiger partial charge is 0.487 e. The van der Waals surface area contributed by atoms with Crippen molar-refractivity contribution in [3.8, 4) is 5.75 Å². The van der Waals surface area contributed by atoms with Crippen LogP contribution in [0, 0.1) is 13.8 Å². The smallest absolute Gasteiger partial charge is 0.125 e. The number of rotatable bonds is 5. The Morgan fingerprint density at radius 3 is 2.63 bits per heavy atom. The van der Waals surface area contributed by atoms with E-state index in [-0.39, 0.29) is 6.10 Å². The van der Waals surface area contributed by atoms with Crippen LogP contribution in [0.5, 0.6) is 5.75 Å². The molecule has 1 unspecified atom stereocenters. The van der Waals surface area contributed by atoms with E-state index in [0.29, 0.717) is 0 Å². The number of hydrogen-bond donors (Lipinski definition) is 1. The van der Waals surface area contributed by atoms with E-state index in [4.69, 9.17) is 9.47 Å². The fraction of sp³-hybridized carbons (Fsp3) is 0.625. The van der Waals surface area contributed by atoms with Crippen molar-refractivity contribution in [1.82, 2.24) is 5.32 Å². The Hall–Kier alpha value is -1.06. The summed E-state index contributed by atoms with van der Waals surface area (Å²) < 4.78 is 11.6. The molecule has 19 heavy (non-hydrogen) atoms. The van der Waals surface area contributed by atoms with Gasteiger partial charge in [0.15, 0.2) is 0 Å². The molecule has 1 aliphatic rings. The molecule has 2 rings (SSSR count). The van der Waals surface area contributed by atoms with Gasteiger partial charge in [-0.2, -0.15) is 0 Å². The molecule has 3 nitrogen and oxygen atoms in total. The lowest BCUT2D eigenvalue weighted by Crippen LogP contribution is -2.28. The zero-order valence-electron chi connectivity index (χ0n) is 12.3. The van der Waals surface area contributed by atoms with Gasteiger partial charge >= 0.3 is 0 Å². The van der Waals surface area contributed by atoms with Crippen molar-refractivity contribution in [2.45, 2.75) is 46.3 Å². The van der Waals surface area contributed by atoms with Gasteiger partial charge in [0.25, 0.3) is 0 Å². The first-order valence-corrected chi connectivity index (χ1v) is 7.26. The van der Waals surface area contributed by atoms with Crippen LogP contribution in [-0.2, 0) is 11.3 Å². The van der Waals surface area contributed by atoms with E-state index in [9.17, 15) is 0 Å². The molecule has 1 aromatic rings. The second-order valence-corrected chi connectivity index (χ2v) is 5.30. The van der Waals surface area contributed by atoms with Gasteiger partial charge in [0.05, 0.1) is 6.61 Å². The maximum absolute atomic E-state index is 6.13. The van der Waals surface area contributed by atoms with Crippen molar-refractivity contribution >= 4 is 0 Å². The summed E-state index contributed by atoms with van der Waals surface area (Å²) in [6.45, 7) is 9.89. The summed E-state index contributed by atoms with van der Waals surface area (Å²) in [7, 11) is 0. The normalized spacial score (nSPS) is 19.4. The fourth-order valence-corrected chi connectivity index (χ4v) is 2.57. The van der Waals surface area contributed by atoms with Gasteiger partial charge in [0.1, 0.15) is 11.9 Å². The van der Waals surface area contributed by atoms with Crippen molar-refractivity contribution in [3.63, 3.8) is 0 Å². The molecule has 0 radical (unpaired) electrons. The summed E-state index contributed by atoms with van der Waals surface area (Å²) in [6.07, 6.45) is 2.41. The van der Waals surface area contributed by atoms with E-state index in [1.54, 1.807) is 0 Å². The molecule has 3 heteroatoms. The molecule has 0 aliphatic carbocycles. The molecule has 1 saturated heterocycles. The standard InChI is InChI=1S/C16H25NO2/c1-4-17-10-14-8-12(2)16(13(3)9-14)19-15-6-5-7-18-11-15/h8-9,15,17H,4-7,10-11H2,1-3H3. The van der Waals surface area contributed by atoms with Crippen molar-refractivity contribution < 1.29 is 9.47 Å². The van der Waals surface area contributed by atoms with Gasteiger partial charge in [-0.3, -0.25) is 0 Å². The molecule has 106 valence electrons. The molecule has 1 N–H and O–H groups in total. The first-order valence-electron chi connectivity index (χ1n) is 7.26. The summed E-state index contributed by atoms with van der Waals surface area (Å²) >= 11 is 0. The maximum atomic E-state index is 6.13. The minimum atomic E-state index is 0.214. The molecule has 1 heterocycles. The second-order valence-electron chi connectivity index (χ2n) is 5.30. The van der Waals surface area contributed by atoms with E-state index in [1.807, 2.05) is 0 Å². The number of benzene rings is 1.